The van der Waals surface area contributed by atoms with Crippen LogP contribution in [0.25, 0.3) is 0 Å². The van der Waals surface area contributed by atoms with Gasteiger partial charge in [0.15, 0.2) is 0 Å². The van der Waals surface area contributed by atoms with Gasteiger partial charge in [-0.3, -0.25) is 14.4 Å². The van der Waals surface area contributed by atoms with Crippen molar-refractivity contribution in [2.45, 2.75) is 24.7 Å². The predicted molar refractivity (Wildman–Crippen MR) is 112 cm³/mol. The first-order chi connectivity index (χ1) is 14.6. The average Bonchev–Trinajstić information content (AvgIpc) is 2.78. The van der Waals surface area contributed by atoms with Gasteiger partial charge in [-0.2, -0.15) is 0 Å². The second kappa shape index (κ2) is 10.6. The number of hydrogen-bond donors (Lipinski definition) is 1. The summed E-state index contributed by atoms with van der Waals surface area (Å²) in [6, 6.07) is 4.04. The maximum absolute atomic E-state index is 12.8. The fraction of sp³-hybridized carbons (Fsp3) is 0.550. The first-order valence-electron chi connectivity index (χ1n) is 9.96. The molecule has 2 rings (SSSR count). The normalized spacial score (nSPS) is 16.5. The molecule has 1 heterocycles. The fourth-order valence-corrected chi connectivity index (χ4v) is 4.30. The number of ether oxygens (including phenoxy) is 2. The summed E-state index contributed by atoms with van der Waals surface area (Å²) in [6.45, 7) is 2.58. The van der Waals surface area contributed by atoms with E-state index in [4.69, 9.17) is 9.47 Å². The molecular formula is C20H29N3O7S. The van der Waals surface area contributed by atoms with Crippen LogP contribution in [0.15, 0.2) is 23.1 Å². The number of likely N-dealkylation sites (tertiary alicyclic amines) is 1. The van der Waals surface area contributed by atoms with Crippen molar-refractivity contribution in [3.05, 3.63) is 23.8 Å². The van der Waals surface area contributed by atoms with Crippen molar-refractivity contribution in [1.29, 1.82) is 0 Å². The van der Waals surface area contributed by atoms with Crippen molar-refractivity contribution >= 4 is 27.8 Å². The molecule has 0 spiro atoms. The van der Waals surface area contributed by atoms with Gasteiger partial charge >= 0.3 is 5.97 Å². The Labute approximate surface area is 182 Å². The zero-order valence-corrected chi connectivity index (χ0v) is 19.0. The van der Waals surface area contributed by atoms with Crippen LogP contribution >= 0.6 is 0 Å². The molecule has 10 nitrogen and oxygen atoms in total. The number of nitrogens with one attached hydrogen (secondary N) is 1. The smallest absolute Gasteiger partial charge is 0.310 e. The van der Waals surface area contributed by atoms with Crippen molar-refractivity contribution < 1.29 is 32.3 Å². The minimum Gasteiger partial charge on any atom is -0.495 e. The molecule has 2 amide bonds. The maximum atomic E-state index is 12.8. The third kappa shape index (κ3) is 5.95. The Morgan fingerprint density at radius 2 is 2.00 bits per heavy atom. The fourth-order valence-electron chi connectivity index (χ4n) is 3.38. The summed E-state index contributed by atoms with van der Waals surface area (Å²) < 4.78 is 36.8. The third-order valence-electron chi connectivity index (χ3n) is 5.08. The SMILES string of the molecule is CCOC(=O)C1CCCN(C(=O)CN(C)C(=O)c2ccc(OC)c(S(=O)(=O)NC)c2)C1. The van der Waals surface area contributed by atoms with E-state index < -0.39 is 15.9 Å². The summed E-state index contributed by atoms with van der Waals surface area (Å²) >= 11 is 0. The molecule has 0 aromatic heterocycles. The zero-order valence-electron chi connectivity index (χ0n) is 18.2. The highest BCUT2D eigenvalue weighted by Crippen LogP contribution is 2.25. The quantitative estimate of drug-likeness (QED) is 0.566. The molecule has 0 bridgehead atoms. The third-order valence-corrected chi connectivity index (χ3v) is 6.52. The Balaban J connectivity index is 2.11. The molecule has 1 saturated heterocycles. The van der Waals surface area contributed by atoms with Crippen molar-refractivity contribution in [3.63, 3.8) is 0 Å². The zero-order chi connectivity index (χ0) is 23.2. The van der Waals surface area contributed by atoms with E-state index >= 15 is 0 Å². The number of sulfonamides is 1. The van der Waals surface area contributed by atoms with E-state index in [1.54, 1.807) is 11.8 Å². The van der Waals surface area contributed by atoms with Crippen LogP contribution in [0.1, 0.15) is 30.1 Å². The highest BCUT2D eigenvalue weighted by atomic mass is 32.2. The minimum atomic E-state index is -3.85. The summed E-state index contributed by atoms with van der Waals surface area (Å²) in [6.07, 6.45) is 1.34. The molecular weight excluding hydrogens is 426 g/mol. The number of amides is 2. The van der Waals surface area contributed by atoms with Crippen molar-refractivity contribution in [3.8, 4) is 5.75 Å². The van der Waals surface area contributed by atoms with Crippen molar-refractivity contribution in [2.75, 3.05) is 47.4 Å². The van der Waals surface area contributed by atoms with E-state index in [0.29, 0.717) is 19.4 Å². The Morgan fingerprint density at radius 3 is 2.61 bits per heavy atom. The number of carbonyl (C=O) groups excluding carboxylic acids is 3. The van der Waals surface area contributed by atoms with Crippen LogP contribution in [0.5, 0.6) is 5.75 Å². The summed E-state index contributed by atoms with van der Waals surface area (Å²) in [5.41, 5.74) is 0.105. The molecule has 1 aliphatic rings. The van der Waals surface area contributed by atoms with E-state index in [-0.39, 0.29) is 53.7 Å². The lowest BCUT2D eigenvalue weighted by molar-refractivity contribution is -0.151. The summed E-state index contributed by atoms with van der Waals surface area (Å²) in [5, 5.41) is 0. The molecule has 0 aliphatic carbocycles. The molecule has 1 N–H and O–H groups in total. The largest absolute Gasteiger partial charge is 0.495 e. The van der Waals surface area contributed by atoms with Crippen LogP contribution < -0.4 is 9.46 Å². The van der Waals surface area contributed by atoms with Crippen LogP contribution in [-0.4, -0.2) is 83.4 Å². The summed E-state index contributed by atoms with van der Waals surface area (Å²) in [4.78, 5) is 40.1. The van der Waals surface area contributed by atoms with E-state index in [0.717, 1.165) is 0 Å². The standard InChI is InChI=1S/C20H29N3O7S/c1-5-30-20(26)15-7-6-10-23(12-15)18(24)13-22(3)19(25)14-8-9-16(29-4)17(11-14)31(27,28)21-2/h8-9,11,15,21H,5-7,10,12-13H2,1-4H3. The van der Waals surface area contributed by atoms with Gasteiger partial charge in [0.05, 0.1) is 26.2 Å². The number of esters is 1. The number of carbonyl (C=O) groups is 3. The first-order valence-corrected chi connectivity index (χ1v) is 11.4. The molecule has 1 aromatic carbocycles. The van der Waals surface area contributed by atoms with Gasteiger partial charge in [0.1, 0.15) is 10.6 Å². The molecule has 172 valence electrons. The Morgan fingerprint density at radius 1 is 1.29 bits per heavy atom. The van der Waals surface area contributed by atoms with E-state index in [9.17, 15) is 22.8 Å². The van der Waals surface area contributed by atoms with Gasteiger partial charge in [-0.1, -0.05) is 0 Å². The molecule has 0 radical (unpaired) electrons. The van der Waals surface area contributed by atoms with Crippen LogP contribution in [0.2, 0.25) is 0 Å². The van der Waals surface area contributed by atoms with Gasteiger partial charge in [-0.15, -0.1) is 0 Å². The van der Waals surface area contributed by atoms with Gasteiger partial charge in [0.2, 0.25) is 15.9 Å². The van der Waals surface area contributed by atoms with Crippen LogP contribution in [-0.2, 0) is 24.3 Å². The number of hydrogen-bond acceptors (Lipinski definition) is 7. The highest BCUT2D eigenvalue weighted by Gasteiger charge is 2.30. The summed E-state index contributed by atoms with van der Waals surface area (Å²) in [5.74, 6) is -1.39. The maximum Gasteiger partial charge on any atom is 0.310 e. The molecule has 1 aromatic rings. The number of rotatable bonds is 8. The number of methoxy groups -OCH3 is 1. The molecule has 1 aliphatic heterocycles. The van der Waals surface area contributed by atoms with Crippen molar-refractivity contribution in [1.82, 2.24) is 14.5 Å². The molecule has 1 fully saturated rings. The summed E-state index contributed by atoms with van der Waals surface area (Å²) in [7, 11) is 0.207. The lowest BCUT2D eigenvalue weighted by Crippen LogP contribution is -2.47. The number of nitrogens with zero attached hydrogens (tertiary/aromatic N) is 2. The van der Waals surface area contributed by atoms with Gasteiger partial charge in [-0.05, 0) is 45.0 Å². The van der Waals surface area contributed by atoms with Gasteiger partial charge in [0.25, 0.3) is 5.91 Å². The predicted octanol–water partition coefficient (Wildman–Crippen LogP) is 0.477. The second-order valence-electron chi connectivity index (χ2n) is 7.17. The van der Waals surface area contributed by atoms with Crippen LogP contribution in [0.4, 0.5) is 0 Å². The lowest BCUT2D eigenvalue weighted by atomic mass is 9.98. The number of benzene rings is 1. The van der Waals surface area contributed by atoms with Crippen molar-refractivity contribution in [2.24, 2.45) is 5.92 Å². The first kappa shape index (κ1) is 24.6. The molecule has 31 heavy (non-hydrogen) atoms. The topological polar surface area (TPSA) is 122 Å². The Kier molecular flexibility index (Phi) is 8.40. The molecule has 0 saturated carbocycles. The van der Waals surface area contributed by atoms with Crippen LogP contribution in [0.3, 0.4) is 0 Å². The second-order valence-corrected chi connectivity index (χ2v) is 9.02. The average molecular weight is 456 g/mol. The molecule has 1 atom stereocenters. The van der Waals surface area contributed by atoms with Gasteiger partial charge < -0.3 is 19.3 Å². The van der Waals surface area contributed by atoms with E-state index in [1.807, 2.05) is 0 Å². The Hall–Kier alpha value is -2.66. The van der Waals surface area contributed by atoms with Crippen LogP contribution in [0, 0.1) is 5.92 Å². The van der Waals surface area contributed by atoms with E-state index in [2.05, 4.69) is 4.72 Å². The van der Waals surface area contributed by atoms with Gasteiger partial charge in [0, 0.05) is 25.7 Å². The minimum absolute atomic E-state index is 0.1000. The lowest BCUT2D eigenvalue weighted by Gasteiger charge is -2.32. The number of likely N-dealkylation sites (N-methyl/N-ethyl adjacent to an activating group) is 1. The highest BCUT2D eigenvalue weighted by molar-refractivity contribution is 7.89. The van der Waals surface area contributed by atoms with Gasteiger partial charge in [-0.25, -0.2) is 13.1 Å². The Bertz CT molecular complexity index is 933. The monoisotopic (exact) mass is 455 g/mol. The van der Waals surface area contributed by atoms with E-state index in [1.165, 1.54) is 44.3 Å². The molecule has 11 heteroatoms. The molecule has 1 unspecified atom stereocenters. The number of piperidine rings is 1.